The predicted molar refractivity (Wildman–Crippen MR) is 68.0 cm³/mol. The smallest absolute Gasteiger partial charge is 0.205 e. The zero-order chi connectivity index (χ0) is 11.1. The van der Waals surface area contributed by atoms with E-state index in [1.54, 1.807) is 7.05 Å². The van der Waals surface area contributed by atoms with Crippen LogP contribution in [-0.2, 0) is 0 Å². The van der Waals surface area contributed by atoms with Crippen LogP contribution >= 0.6 is 11.8 Å². The predicted octanol–water partition coefficient (Wildman–Crippen LogP) is 1.09. The molecule has 5 heteroatoms. The quantitative estimate of drug-likeness (QED) is 0.294. The van der Waals surface area contributed by atoms with Gasteiger partial charge in [-0.2, -0.15) is 11.8 Å². The summed E-state index contributed by atoms with van der Waals surface area (Å²) in [5.41, 5.74) is 2.56. The Kier molecular flexibility index (Phi) is 5.25. The van der Waals surface area contributed by atoms with Gasteiger partial charge in [0.05, 0.1) is 0 Å². The average Bonchev–Trinajstić information content (AvgIpc) is 2.31. The van der Waals surface area contributed by atoms with Gasteiger partial charge in [0.25, 0.3) is 0 Å². The molecule has 0 radical (unpaired) electrons. The maximum absolute atomic E-state index is 5.33. The summed E-state index contributed by atoms with van der Waals surface area (Å²) in [7, 11) is 1.73. The van der Waals surface area contributed by atoms with Crippen LogP contribution in [0.4, 0.5) is 0 Å². The molecule has 4 nitrogen and oxygen atoms in total. The zero-order valence-corrected chi connectivity index (χ0v) is 10.5. The summed E-state index contributed by atoms with van der Waals surface area (Å²) in [5, 5.41) is 3.27. The van der Waals surface area contributed by atoms with Crippen LogP contribution in [0, 0.1) is 0 Å². The summed E-state index contributed by atoms with van der Waals surface area (Å²) >= 11 is 1.97. The highest BCUT2D eigenvalue weighted by molar-refractivity contribution is 8.00. The van der Waals surface area contributed by atoms with Gasteiger partial charge >= 0.3 is 0 Å². The highest BCUT2D eigenvalue weighted by atomic mass is 32.2. The van der Waals surface area contributed by atoms with Crippen molar-refractivity contribution in [3.8, 4) is 0 Å². The molecule has 0 heterocycles. The Bertz CT molecular complexity index is 211. The van der Waals surface area contributed by atoms with Crippen molar-refractivity contribution >= 4 is 17.7 Å². The molecule has 4 N–H and O–H groups in total. The first-order chi connectivity index (χ1) is 7.26. The molecular weight excluding hydrogens is 208 g/mol. The van der Waals surface area contributed by atoms with Crippen LogP contribution in [0.15, 0.2) is 4.99 Å². The molecule has 1 fully saturated rings. The molecule has 0 amide bonds. The summed E-state index contributed by atoms with van der Waals surface area (Å²) in [4.78, 5) is 4.02. The maximum Gasteiger partial charge on any atom is 0.205 e. The summed E-state index contributed by atoms with van der Waals surface area (Å²) in [6, 6.07) is 0. The van der Waals surface area contributed by atoms with Gasteiger partial charge in [-0.25, -0.2) is 5.84 Å². The van der Waals surface area contributed by atoms with Gasteiger partial charge in [0.2, 0.25) is 5.96 Å². The van der Waals surface area contributed by atoms with E-state index in [-0.39, 0.29) is 0 Å². The van der Waals surface area contributed by atoms with Crippen molar-refractivity contribution in [2.24, 2.45) is 10.8 Å². The van der Waals surface area contributed by atoms with Crippen molar-refractivity contribution in [1.29, 1.82) is 0 Å². The van der Waals surface area contributed by atoms with E-state index in [0.29, 0.717) is 10.7 Å². The van der Waals surface area contributed by atoms with E-state index in [1.807, 2.05) is 11.8 Å². The van der Waals surface area contributed by atoms with Gasteiger partial charge in [-0.05, 0) is 19.1 Å². The van der Waals surface area contributed by atoms with Crippen LogP contribution in [-0.4, -0.2) is 30.6 Å². The fraction of sp³-hybridized carbons (Fsp3) is 0.900. The minimum Gasteiger partial charge on any atom is -0.354 e. The summed E-state index contributed by atoms with van der Waals surface area (Å²) in [6.45, 7) is 0.949. The van der Waals surface area contributed by atoms with Crippen molar-refractivity contribution in [2.45, 2.75) is 36.9 Å². The minimum atomic E-state index is 0.380. The van der Waals surface area contributed by atoms with Gasteiger partial charge < -0.3 is 5.32 Å². The lowest BCUT2D eigenvalue weighted by Gasteiger charge is -2.36. The Morgan fingerprint density at radius 3 is 2.53 bits per heavy atom. The highest BCUT2D eigenvalue weighted by Gasteiger charge is 2.30. The molecule has 88 valence electrons. The van der Waals surface area contributed by atoms with E-state index in [4.69, 9.17) is 5.84 Å². The van der Waals surface area contributed by atoms with Crippen LogP contribution in [0.2, 0.25) is 0 Å². The van der Waals surface area contributed by atoms with Crippen molar-refractivity contribution in [3.63, 3.8) is 0 Å². The molecule has 1 aliphatic rings. The highest BCUT2D eigenvalue weighted by Crippen LogP contribution is 2.37. The monoisotopic (exact) mass is 230 g/mol. The largest absolute Gasteiger partial charge is 0.354 e. The zero-order valence-electron chi connectivity index (χ0n) is 9.68. The van der Waals surface area contributed by atoms with E-state index >= 15 is 0 Å². The van der Waals surface area contributed by atoms with Gasteiger partial charge in [0.1, 0.15) is 0 Å². The molecule has 1 rings (SSSR count). The lowest BCUT2D eigenvalue weighted by Crippen LogP contribution is -2.48. The Morgan fingerprint density at radius 2 is 2.07 bits per heavy atom. The standard InChI is InChI=1S/C10H22N4S/c1-12-9(14-11)13-8-10(15-2)6-4-3-5-7-10/h3-8,11H2,1-2H3,(H2,12,13,14). The number of thioether (sulfide) groups is 1. The third-order valence-corrected chi connectivity index (χ3v) is 4.55. The molecule has 0 aromatic carbocycles. The molecule has 0 atom stereocenters. The number of aliphatic imine (C=N–C) groups is 1. The summed E-state index contributed by atoms with van der Waals surface area (Å²) < 4.78 is 0.380. The number of hydrogen-bond donors (Lipinski definition) is 3. The van der Waals surface area contributed by atoms with Gasteiger partial charge in [0, 0.05) is 18.3 Å². The number of hydrazine groups is 1. The molecular formula is C10H22N4S. The molecule has 15 heavy (non-hydrogen) atoms. The van der Waals surface area contributed by atoms with Crippen molar-refractivity contribution in [1.82, 2.24) is 10.7 Å². The van der Waals surface area contributed by atoms with Crippen LogP contribution in [0.5, 0.6) is 0 Å². The maximum atomic E-state index is 5.33. The fourth-order valence-electron chi connectivity index (χ4n) is 2.09. The topological polar surface area (TPSA) is 62.4 Å². The van der Waals surface area contributed by atoms with Crippen LogP contribution < -0.4 is 16.6 Å². The number of rotatable bonds is 3. The second-order valence-corrected chi connectivity index (χ2v) is 5.29. The molecule has 0 bridgehead atoms. The number of hydrogen-bond acceptors (Lipinski definition) is 3. The summed E-state index contributed by atoms with van der Waals surface area (Å²) in [6.07, 6.45) is 8.86. The van der Waals surface area contributed by atoms with E-state index in [2.05, 4.69) is 22.0 Å². The number of guanidine groups is 1. The Balaban J connectivity index is 2.45. The van der Waals surface area contributed by atoms with Gasteiger partial charge in [0.15, 0.2) is 0 Å². The molecule has 0 aromatic heterocycles. The fourth-order valence-corrected chi connectivity index (χ4v) is 3.00. The summed E-state index contributed by atoms with van der Waals surface area (Å²) in [5.74, 6) is 6.01. The second kappa shape index (κ2) is 6.23. The van der Waals surface area contributed by atoms with E-state index in [9.17, 15) is 0 Å². The third kappa shape index (κ3) is 3.57. The first-order valence-electron chi connectivity index (χ1n) is 5.49. The van der Waals surface area contributed by atoms with E-state index in [0.717, 1.165) is 6.54 Å². The Labute approximate surface area is 96.4 Å². The van der Waals surface area contributed by atoms with Crippen molar-refractivity contribution in [2.75, 3.05) is 19.8 Å². The van der Waals surface area contributed by atoms with Crippen molar-refractivity contribution < 1.29 is 0 Å². The first kappa shape index (κ1) is 12.6. The second-order valence-electron chi connectivity index (χ2n) is 4.02. The Hall–Kier alpha value is -0.420. The molecule has 0 aliphatic heterocycles. The van der Waals surface area contributed by atoms with E-state index in [1.165, 1.54) is 32.1 Å². The minimum absolute atomic E-state index is 0.380. The molecule has 0 saturated heterocycles. The van der Waals surface area contributed by atoms with Gasteiger partial charge in [-0.15, -0.1) is 0 Å². The molecule has 1 saturated carbocycles. The van der Waals surface area contributed by atoms with Gasteiger partial charge in [-0.3, -0.25) is 10.4 Å². The molecule has 0 spiro atoms. The lowest BCUT2D eigenvalue weighted by molar-refractivity contribution is 0.394. The number of nitrogens with one attached hydrogen (secondary N) is 2. The third-order valence-electron chi connectivity index (χ3n) is 3.14. The van der Waals surface area contributed by atoms with Gasteiger partial charge in [-0.1, -0.05) is 19.3 Å². The van der Waals surface area contributed by atoms with Crippen LogP contribution in [0.25, 0.3) is 0 Å². The molecule has 0 unspecified atom stereocenters. The molecule has 0 aromatic rings. The Morgan fingerprint density at radius 1 is 1.40 bits per heavy atom. The SMILES string of the molecule is CN=C(NN)NCC1(SC)CCCCC1. The number of nitrogens with zero attached hydrogens (tertiary/aromatic N) is 1. The van der Waals surface area contributed by atoms with E-state index < -0.39 is 0 Å². The van der Waals surface area contributed by atoms with Crippen LogP contribution in [0.1, 0.15) is 32.1 Å². The normalized spacial score (nSPS) is 21.1. The lowest BCUT2D eigenvalue weighted by atomic mass is 9.88. The average molecular weight is 230 g/mol. The number of nitrogens with two attached hydrogens (primary N) is 1. The molecule has 1 aliphatic carbocycles. The first-order valence-corrected chi connectivity index (χ1v) is 6.71. The van der Waals surface area contributed by atoms with Crippen molar-refractivity contribution in [3.05, 3.63) is 0 Å². The van der Waals surface area contributed by atoms with Crippen LogP contribution in [0.3, 0.4) is 0 Å².